The second kappa shape index (κ2) is 7.76. The van der Waals surface area contributed by atoms with Crippen LogP contribution in [0.2, 0.25) is 0 Å². The molecule has 3 aromatic rings. The molecule has 0 aliphatic rings. The van der Waals surface area contributed by atoms with Crippen molar-refractivity contribution < 1.29 is 13.2 Å². The molecule has 2 aromatic carbocycles. The second-order valence-electron chi connectivity index (χ2n) is 5.53. The lowest BCUT2D eigenvalue weighted by atomic mass is 10.2. The van der Waals surface area contributed by atoms with E-state index in [2.05, 4.69) is 21.1 Å². The summed E-state index contributed by atoms with van der Waals surface area (Å²) in [4.78, 5) is 4.32. The van der Waals surface area contributed by atoms with E-state index in [1.54, 1.807) is 42.5 Å². The van der Waals surface area contributed by atoms with Gasteiger partial charge < -0.3 is 10.1 Å². The van der Waals surface area contributed by atoms with Gasteiger partial charge >= 0.3 is 0 Å². The Morgan fingerprint density at radius 2 is 1.81 bits per heavy atom. The van der Waals surface area contributed by atoms with Crippen LogP contribution >= 0.6 is 0 Å². The van der Waals surface area contributed by atoms with Crippen molar-refractivity contribution in [2.24, 2.45) is 0 Å². The van der Waals surface area contributed by atoms with Crippen LogP contribution in [0.25, 0.3) is 0 Å². The summed E-state index contributed by atoms with van der Waals surface area (Å²) in [5.74, 6) is 1.10. The molecule has 0 aliphatic carbocycles. The summed E-state index contributed by atoms with van der Waals surface area (Å²) in [6, 6.07) is 18.4. The number of pyridine rings is 1. The molecule has 0 saturated heterocycles. The average molecular weight is 380 g/mol. The number of ether oxygens (including phenoxy) is 1. The summed E-state index contributed by atoms with van der Waals surface area (Å²) in [5, 5.41) is 12.0. The predicted octanol–water partition coefficient (Wildman–Crippen LogP) is 3.51. The van der Waals surface area contributed by atoms with Crippen molar-refractivity contribution in [1.29, 1.82) is 5.26 Å². The van der Waals surface area contributed by atoms with Crippen LogP contribution in [-0.4, -0.2) is 20.5 Å². The minimum Gasteiger partial charge on any atom is -0.497 e. The van der Waals surface area contributed by atoms with Gasteiger partial charge in [0.2, 0.25) is 0 Å². The molecule has 0 amide bonds. The van der Waals surface area contributed by atoms with Gasteiger partial charge in [0.15, 0.2) is 0 Å². The summed E-state index contributed by atoms with van der Waals surface area (Å²) >= 11 is 0. The van der Waals surface area contributed by atoms with E-state index in [-0.39, 0.29) is 4.90 Å². The van der Waals surface area contributed by atoms with E-state index in [9.17, 15) is 8.42 Å². The molecule has 0 fully saturated rings. The number of nitrogens with zero attached hydrogens (tertiary/aromatic N) is 2. The number of benzene rings is 2. The number of hydrogen-bond donors (Lipinski definition) is 2. The summed E-state index contributed by atoms with van der Waals surface area (Å²) in [6.45, 7) is 0. The summed E-state index contributed by atoms with van der Waals surface area (Å²) < 4.78 is 32.3. The van der Waals surface area contributed by atoms with Gasteiger partial charge in [-0.15, -0.1) is 0 Å². The number of nitriles is 1. The third kappa shape index (κ3) is 4.54. The predicted molar refractivity (Wildman–Crippen MR) is 102 cm³/mol. The van der Waals surface area contributed by atoms with Gasteiger partial charge in [0, 0.05) is 5.69 Å². The quantitative estimate of drug-likeness (QED) is 0.678. The van der Waals surface area contributed by atoms with E-state index in [0.717, 1.165) is 0 Å². The lowest BCUT2D eigenvalue weighted by Gasteiger charge is -2.10. The minimum atomic E-state index is -3.72. The third-order valence-electron chi connectivity index (χ3n) is 3.65. The van der Waals surface area contributed by atoms with E-state index >= 15 is 0 Å². The molecular formula is C19H16N4O3S. The SMILES string of the molecule is COc1ccc(S(=O)(=O)Nc2ccc(Nc3cccc(C#N)c3)nc2)cc1. The number of methoxy groups -OCH3 is 1. The van der Waals surface area contributed by atoms with E-state index in [1.165, 1.54) is 25.4 Å². The van der Waals surface area contributed by atoms with Gasteiger partial charge in [0.25, 0.3) is 10.0 Å². The fraction of sp³-hybridized carbons (Fsp3) is 0.0526. The van der Waals surface area contributed by atoms with Crippen LogP contribution in [0.1, 0.15) is 5.56 Å². The molecule has 0 unspecified atom stereocenters. The monoisotopic (exact) mass is 380 g/mol. The summed E-state index contributed by atoms with van der Waals surface area (Å²) in [7, 11) is -2.21. The second-order valence-corrected chi connectivity index (χ2v) is 7.21. The van der Waals surface area contributed by atoms with Gasteiger partial charge in [-0.05, 0) is 54.6 Å². The first kappa shape index (κ1) is 18.2. The molecule has 1 aromatic heterocycles. The summed E-state index contributed by atoms with van der Waals surface area (Å²) in [6.07, 6.45) is 1.41. The zero-order chi connectivity index (χ0) is 19.3. The van der Waals surface area contributed by atoms with Gasteiger partial charge in [0.1, 0.15) is 11.6 Å². The highest BCUT2D eigenvalue weighted by atomic mass is 32.2. The molecule has 7 nitrogen and oxygen atoms in total. The largest absolute Gasteiger partial charge is 0.497 e. The van der Waals surface area contributed by atoms with Crippen molar-refractivity contribution in [2.45, 2.75) is 4.90 Å². The maximum atomic E-state index is 12.4. The van der Waals surface area contributed by atoms with E-state index in [1.807, 2.05) is 6.07 Å². The van der Waals surface area contributed by atoms with Crippen LogP contribution in [-0.2, 0) is 10.0 Å². The van der Waals surface area contributed by atoms with E-state index in [0.29, 0.717) is 28.5 Å². The Labute approximate surface area is 157 Å². The number of anilines is 3. The Kier molecular flexibility index (Phi) is 5.24. The molecule has 0 radical (unpaired) electrons. The molecule has 1 heterocycles. The first-order chi connectivity index (χ1) is 13.0. The highest BCUT2D eigenvalue weighted by molar-refractivity contribution is 7.92. The number of aromatic nitrogens is 1. The molecule has 3 rings (SSSR count). The molecule has 0 atom stereocenters. The van der Waals surface area contributed by atoms with Crippen molar-refractivity contribution in [3.05, 3.63) is 72.4 Å². The van der Waals surface area contributed by atoms with Crippen LogP contribution in [0, 0.1) is 11.3 Å². The third-order valence-corrected chi connectivity index (χ3v) is 5.05. The molecule has 2 N–H and O–H groups in total. The zero-order valence-electron chi connectivity index (χ0n) is 14.4. The topological polar surface area (TPSA) is 104 Å². The molecule has 0 bridgehead atoms. The first-order valence-electron chi connectivity index (χ1n) is 7.90. The molecule has 0 aliphatic heterocycles. The van der Waals surface area contributed by atoms with Crippen LogP contribution in [0.5, 0.6) is 5.75 Å². The van der Waals surface area contributed by atoms with Crippen molar-refractivity contribution in [1.82, 2.24) is 4.98 Å². The minimum absolute atomic E-state index is 0.124. The summed E-state index contributed by atoms with van der Waals surface area (Å²) in [5.41, 5.74) is 1.58. The Bertz CT molecular complexity index is 1070. The van der Waals surface area contributed by atoms with Gasteiger partial charge in [-0.2, -0.15) is 5.26 Å². The number of hydrogen-bond acceptors (Lipinski definition) is 6. The molecule has 0 saturated carbocycles. The normalized spacial score (nSPS) is 10.7. The number of rotatable bonds is 6. The van der Waals surface area contributed by atoms with E-state index in [4.69, 9.17) is 10.00 Å². The van der Waals surface area contributed by atoms with Crippen molar-refractivity contribution >= 4 is 27.2 Å². The fourth-order valence-electron chi connectivity index (χ4n) is 2.31. The lowest BCUT2D eigenvalue weighted by Crippen LogP contribution is -2.13. The smallest absolute Gasteiger partial charge is 0.261 e. The lowest BCUT2D eigenvalue weighted by molar-refractivity contribution is 0.414. The maximum Gasteiger partial charge on any atom is 0.261 e. The average Bonchev–Trinajstić information content (AvgIpc) is 2.69. The Morgan fingerprint density at radius 3 is 2.44 bits per heavy atom. The standard InChI is InChI=1S/C19H16N4O3S/c1-26-17-6-8-18(9-7-17)27(24,25)23-16-5-10-19(21-13-16)22-15-4-2-3-14(11-15)12-20/h2-11,13,23H,1H3,(H,21,22). The van der Waals surface area contributed by atoms with Gasteiger partial charge in [-0.3, -0.25) is 4.72 Å². The fourth-order valence-corrected chi connectivity index (χ4v) is 3.35. The van der Waals surface area contributed by atoms with Gasteiger partial charge in [0.05, 0.1) is 35.5 Å². The number of sulfonamides is 1. The first-order valence-corrected chi connectivity index (χ1v) is 9.38. The van der Waals surface area contributed by atoms with Crippen LogP contribution < -0.4 is 14.8 Å². The molecule has 0 spiro atoms. The van der Waals surface area contributed by atoms with Gasteiger partial charge in [-0.1, -0.05) is 6.07 Å². The maximum absolute atomic E-state index is 12.4. The van der Waals surface area contributed by atoms with Crippen molar-refractivity contribution in [2.75, 3.05) is 17.1 Å². The molecular weight excluding hydrogens is 364 g/mol. The zero-order valence-corrected chi connectivity index (χ0v) is 15.2. The molecule has 136 valence electrons. The Balaban J connectivity index is 1.72. The highest BCUT2D eigenvalue weighted by Gasteiger charge is 2.14. The molecule has 8 heteroatoms. The van der Waals surface area contributed by atoms with Gasteiger partial charge in [-0.25, -0.2) is 13.4 Å². The van der Waals surface area contributed by atoms with Crippen LogP contribution in [0.15, 0.2) is 71.8 Å². The van der Waals surface area contributed by atoms with Crippen molar-refractivity contribution in [3.8, 4) is 11.8 Å². The number of nitrogens with one attached hydrogen (secondary N) is 2. The van der Waals surface area contributed by atoms with Crippen LogP contribution in [0.4, 0.5) is 17.2 Å². The van der Waals surface area contributed by atoms with Crippen molar-refractivity contribution in [3.63, 3.8) is 0 Å². The van der Waals surface area contributed by atoms with E-state index < -0.39 is 10.0 Å². The highest BCUT2D eigenvalue weighted by Crippen LogP contribution is 2.21. The Hall–Kier alpha value is -3.57. The Morgan fingerprint density at radius 1 is 1.04 bits per heavy atom. The molecule has 27 heavy (non-hydrogen) atoms. The van der Waals surface area contributed by atoms with Crippen LogP contribution in [0.3, 0.4) is 0 Å².